The molecular formula is C17H27N3O. The molecule has 4 heteroatoms. The highest BCUT2D eigenvalue weighted by Crippen LogP contribution is 2.16. The van der Waals surface area contributed by atoms with Crippen LogP contribution in [0.15, 0.2) is 24.3 Å². The second-order valence-electron chi connectivity index (χ2n) is 5.63. The fraction of sp³-hybridized carbons (Fsp3) is 0.588. The smallest absolute Gasteiger partial charge is 0.253 e. The Bertz CT molecular complexity index is 451. The number of amides is 1. The third kappa shape index (κ3) is 4.46. The molecule has 1 saturated heterocycles. The van der Waals surface area contributed by atoms with Gasteiger partial charge in [0.2, 0.25) is 0 Å². The van der Waals surface area contributed by atoms with Gasteiger partial charge in [0.25, 0.3) is 5.91 Å². The highest BCUT2D eigenvalue weighted by atomic mass is 16.2. The molecular weight excluding hydrogens is 262 g/mol. The molecule has 1 fully saturated rings. The van der Waals surface area contributed by atoms with E-state index < -0.39 is 0 Å². The Hall–Kier alpha value is -1.55. The molecule has 0 atom stereocenters. The van der Waals surface area contributed by atoms with Crippen LogP contribution in [0.2, 0.25) is 0 Å². The summed E-state index contributed by atoms with van der Waals surface area (Å²) in [5.74, 6) is 0.846. The van der Waals surface area contributed by atoms with Crippen molar-refractivity contribution in [2.75, 3.05) is 38.0 Å². The van der Waals surface area contributed by atoms with Crippen molar-refractivity contribution in [1.82, 2.24) is 10.2 Å². The molecule has 0 unspecified atom stereocenters. The first-order chi connectivity index (χ1) is 10.2. The van der Waals surface area contributed by atoms with Crippen molar-refractivity contribution in [2.45, 2.75) is 26.7 Å². The van der Waals surface area contributed by atoms with Crippen LogP contribution in [0.3, 0.4) is 0 Å². The van der Waals surface area contributed by atoms with Crippen LogP contribution >= 0.6 is 0 Å². The van der Waals surface area contributed by atoms with E-state index in [0.717, 1.165) is 49.9 Å². The Morgan fingerprint density at radius 1 is 1.29 bits per heavy atom. The second kappa shape index (κ2) is 8.03. The van der Waals surface area contributed by atoms with Gasteiger partial charge in [0.1, 0.15) is 0 Å². The number of nitrogens with one attached hydrogen (secondary N) is 2. The van der Waals surface area contributed by atoms with E-state index >= 15 is 0 Å². The van der Waals surface area contributed by atoms with Gasteiger partial charge in [0, 0.05) is 30.9 Å². The molecule has 1 aliphatic rings. The van der Waals surface area contributed by atoms with Crippen LogP contribution in [-0.2, 0) is 0 Å². The molecule has 0 aromatic heterocycles. The van der Waals surface area contributed by atoms with Gasteiger partial charge in [-0.1, -0.05) is 6.07 Å². The SMILES string of the molecule is CCN(CC)C(=O)c1cccc(NCC2CCNCC2)c1. The van der Waals surface area contributed by atoms with Crippen molar-refractivity contribution in [3.8, 4) is 0 Å². The molecule has 0 aliphatic carbocycles. The monoisotopic (exact) mass is 289 g/mol. The predicted molar refractivity (Wildman–Crippen MR) is 87.8 cm³/mol. The molecule has 1 aromatic carbocycles. The summed E-state index contributed by atoms with van der Waals surface area (Å²) in [5.41, 5.74) is 1.82. The van der Waals surface area contributed by atoms with E-state index in [-0.39, 0.29) is 5.91 Å². The predicted octanol–water partition coefficient (Wildman–Crippen LogP) is 2.58. The summed E-state index contributed by atoms with van der Waals surface area (Å²) in [6, 6.07) is 7.87. The van der Waals surface area contributed by atoms with E-state index in [9.17, 15) is 4.79 Å². The van der Waals surface area contributed by atoms with Gasteiger partial charge in [0.15, 0.2) is 0 Å². The summed E-state index contributed by atoms with van der Waals surface area (Å²) in [4.78, 5) is 14.2. The highest BCUT2D eigenvalue weighted by molar-refractivity contribution is 5.95. The van der Waals surface area contributed by atoms with Gasteiger partial charge in [-0.2, -0.15) is 0 Å². The highest BCUT2D eigenvalue weighted by Gasteiger charge is 2.14. The van der Waals surface area contributed by atoms with Crippen LogP contribution in [0.25, 0.3) is 0 Å². The molecule has 1 amide bonds. The van der Waals surface area contributed by atoms with Crippen molar-refractivity contribution in [1.29, 1.82) is 0 Å². The summed E-state index contributed by atoms with van der Waals surface area (Å²) < 4.78 is 0. The van der Waals surface area contributed by atoms with Crippen LogP contribution in [0.4, 0.5) is 5.69 Å². The Labute approximate surface area is 127 Å². The van der Waals surface area contributed by atoms with Gasteiger partial charge in [0.05, 0.1) is 0 Å². The summed E-state index contributed by atoms with van der Waals surface area (Å²) >= 11 is 0. The molecule has 1 aromatic rings. The molecule has 1 aliphatic heterocycles. The average Bonchev–Trinajstić information content (AvgIpc) is 2.55. The van der Waals surface area contributed by atoms with Crippen LogP contribution < -0.4 is 10.6 Å². The van der Waals surface area contributed by atoms with E-state index in [2.05, 4.69) is 10.6 Å². The van der Waals surface area contributed by atoms with Crippen molar-refractivity contribution in [3.63, 3.8) is 0 Å². The number of hydrogen-bond donors (Lipinski definition) is 2. The van der Waals surface area contributed by atoms with E-state index in [1.54, 1.807) is 0 Å². The summed E-state index contributed by atoms with van der Waals surface area (Å²) in [6.07, 6.45) is 2.45. The maximum atomic E-state index is 12.4. The molecule has 0 saturated carbocycles. The van der Waals surface area contributed by atoms with Crippen LogP contribution in [0.5, 0.6) is 0 Å². The first-order valence-electron chi connectivity index (χ1n) is 8.08. The first-order valence-corrected chi connectivity index (χ1v) is 8.08. The number of carbonyl (C=O) groups is 1. The van der Waals surface area contributed by atoms with Gasteiger partial charge in [-0.05, 0) is 63.9 Å². The van der Waals surface area contributed by atoms with Gasteiger partial charge in [-0.3, -0.25) is 4.79 Å². The van der Waals surface area contributed by atoms with Crippen molar-refractivity contribution in [3.05, 3.63) is 29.8 Å². The fourth-order valence-corrected chi connectivity index (χ4v) is 2.80. The molecule has 0 bridgehead atoms. The topological polar surface area (TPSA) is 44.4 Å². The summed E-state index contributed by atoms with van der Waals surface area (Å²) in [7, 11) is 0. The van der Waals surface area contributed by atoms with Crippen molar-refractivity contribution in [2.24, 2.45) is 5.92 Å². The van der Waals surface area contributed by atoms with E-state index in [0.29, 0.717) is 0 Å². The van der Waals surface area contributed by atoms with E-state index in [4.69, 9.17) is 0 Å². The third-order valence-electron chi connectivity index (χ3n) is 4.21. The maximum absolute atomic E-state index is 12.4. The molecule has 21 heavy (non-hydrogen) atoms. The lowest BCUT2D eigenvalue weighted by atomic mass is 9.98. The zero-order valence-electron chi connectivity index (χ0n) is 13.2. The van der Waals surface area contributed by atoms with Crippen molar-refractivity contribution < 1.29 is 4.79 Å². The number of rotatable bonds is 6. The van der Waals surface area contributed by atoms with Gasteiger partial charge in [-0.25, -0.2) is 0 Å². The number of carbonyl (C=O) groups excluding carboxylic acids is 1. The normalized spacial score (nSPS) is 15.7. The Balaban J connectivity index is 1.95. The minimum atomic E-state index is 0.116. The Morgan fingerprint density at radius 3 is 2.67 bits per heavy atom. The maximum Gasteiger partial charge on any atom is 0.253 e. The van der Waals surface area contributed by atoms with Crippen molar-refractivity contribution >= 4 is 11.6 Å². The number of piperidine rings is 1. The summed E-state index contributed by atoms with van der Waals surface area (Å²) in [6.45, 7) is 8.76. The Morgan fingerprint density at radius 2 is 2.00 bits per heavy atom. The molecule has 0 spiro atoms. The third-order valence-corrected chi connectivity index (χ3v) is 4.21. The number of benzene rings is 1. The minimum absolute atomic E-state index is 0.116. The van der Waals surface area contributed by atoms with Crippen LogP contribution in [0, 0.1) is 5.92 Å². The average molecular weight is 289 g/mol. The molecule has 4 nitrogen and oxygen atoms in total. The molecule has 2 N–H and O–H groups in total. The second-order valence-corrected chi connectivity index (χ2v) is 5.63. The quantitative estimate of drug-likeness (QED) is 0.846. The molecule has 1 heterocycles. The summed E-state index contributed by atoms with van der Waals surface area (Å²) in [5, 5.41) is 6.87. The minimum Gasteiger partial charge on any atom is -0.385 e. The van der Waals surface area contributed by atoms with Gasteiger partial charge >= 0.3 is 0 Å². The molecule has 2 rings (SSSR count). The lowest BCUT2D eigenvalue weighted by molar-refractivity contribution is 0.0773. The lowest BCUT2D eigenvalue weighted by Crippen LogP contribution is -2.31. The first kappa shape index (κ1) is 15.8. The van der Waals surface area contributed by atoms with E-state index in [1.807, 2.05) is 43.0 Å². The molecule has 0 radical (unpaired) electrons. The van der Waals surface area contributed by atoms with Gasteiger partial charge in [-0.15, -0.1) is 0 Å². The lowest BCUT2D eigenvalue weighted by Gasteiger charge is -2.23. The number of hydrogen-bond acceptors (Lipinski definition) is 3. The van der Waals surface area contributed by atoms with Gasteiger partial charge < -0.3 is 15.5 Å². The number of anilines is 1. The van der Waals surface area contributed by atoms with Crippen LogP contribution in [0.1, 0.15) is 37.0 Å². The largest absolute Gasteiger partial charge is 0.385 e. The fourth-order valence-electron chi connectivity index (χ4n) is 2.80. The zero-order valence-corrected chi connectivity index (χ0v) is 13.2. The standard InChI is InChI=1S/C17H27N3O/c1-3-20(4-2)17(21)15-6-5-7-16(12-15)19-13-14-8-10-18-11-9-14/h5-7,12,14,18-19H,3-4,8-11,13H2,1-2H3. The molecule has 116 valence electrons. The Kier molecular flexibility index (Phi) is 6.05. The number of nitrogens with zero attached hydrogens (tertiary/aromatic N) is 1. The van der Waals surface area contributed by atoms with E-state index in [1.165, 1.54) is 12.8 Å². The zero-order chi connectivity index (χ0) is 15.1. The van der Waals surface area contributed by atoms with Crippen LogP contribution in [-0.4, -0.2) is 43.5 Å².